The van der Waals surface area contributed by atoms with E-state index < -0.39 is 0 Å². The average Bonchev–Trinajstić information content (AvgIpc) is 2.18. The number of benzene rings is 1. The largest absolute Gasteiger partial charge is 0.508 e. The quantitative estimate of drug-likeness (QED) is 0.494. The lowest BCUT2D eigenvalue weighted by Gasteiger charge is -2.05. The molecule has 0 saturated carbocycles. The lowest BCUT2D eigenvalue weighted by atomic mass is 10.1. The van der Waals surface area contributed by atoms with Crippen LogP contribution in [0, 0.1) is 0 Å². The highest BCUT2D eigenvalue weighted by Gasteiger charge is 2.01. The van der Waals surface area contributed by atoms with Gasteiger partial charge in [-0.05, 0) is 49.7 Å². The summed E-state index contributed by atoms with van der Waals surface area (Å²) in [6, 6.07) is 4.63. The fourth-order valence-corrected chi connectivity index (χ4v) is 1.35. The molecule has 1 rings (SSSR count). The lowest BCUT2D eigenvalue weighted by Crippen LogP contribution is -2.14. The van der Waals surface area contributed by atoms with Crippen LogP contribution < -0.4 is 5.32 Å². The molecule has 78 valence electrons. The van der Waals surface area contributed by atoms with Gasteiger partial charge in [0, 0.05) is 0 Å². The second kappa shape index (κ2) is 5.50. The number of aryl methyl sites for hydroxylation is 1. The van der Waals surface area contributed by atoms with Crippen LogP contribution in [0.1, 0.15) is 18.9 Å². The predicted molar refractivity (Wildman–Crippen MR) is 56.6 cm³/mol. The van der Waals surface area contributed by atoms with Crippen molar-refractivity contribution < 1.29 is 10.2 Å². The zero-order valence-corrected chi connectivity index (χ0v) is 8.45. The van der Waals surface area contributed by atoms with Gasteiger partial charge in [-0.2, -0.15) is 0 Å². The van der Waals surface area contributed by atoms with Gasteiger partial charge in [-0.1, -0.05) is 6.92 Å². The zero-order chi connectivity index (χ0) is 10.4. The summed E-state index contributed by atoms with van der Waals surface area (Å²) in [6.45, 7) is 3.96. The third-order valence-corrected chi connectivity index (χ3v) is 2.11. The predicted octanol–water partition coefficient (Wildman–Crippen LogP) is 1.64. The Morgan fingerprint density at radius 3 is 2.79 bits per heavy atom. The molecule has 3 heteroatoms. The topological polar surface area (TPSA) is 52.5 Å². The van der Waals surface area contributed by atoms with Crippen LogP contribution in [-0.2, 0) is 6.42 Å². The minimum Gasteiger partial charge on any atom is -0.508 e. The second-order valence-electron chi connectivity index (χ2n) is 3.27. The SMILES string of the molecule is CCNCCCc1cc(O)ccc1O. The molecule has 0 saturated heterocycles. The number of phenolic OH excluding ortho intramolecular Hbond substituents is 2. The maximum Gasteiger partial charge on any atom is 0.119 e. The molecule has 0 atom stereocenters. The number of nitrogens with one attached hydrogen (secondary N) is 1. The van der Waals surface area contributed by atoms with E-state index in [4.69, 9.17) is 0 Å². The Kier molecular flexibility index (Phi) is 4.26. The van der Waals surface area contributed by atoms with E-state index in [0.717, 1.165) is 31.5 Å². The molecule has 3 nitrogen and oxygen atoms in total. The summed E-state index contributed by atoms with van der Waals surface area (Å²) in [4.78, 5) is 0. The highest BCUT2D eigenvalue weighted by atomic mass is 16.3. The fraction of sp³-hybridized carbons (Fsp3) is 0.455. The van der Waals surface area contributed by atoms with Crippen LogP contribution in [0.4, 0.5) is 0 Å². The van der Waals surface area contributed by atoms with E-state index in [2.05, 4.69) is 12.2 Å². The van der Waals surface area contributed by atoms with Gasteiger partial charge >= 0.3 is 0 Å². The Morgan fingerprint density at radius 1 is 1.29 bits per heavy atom. The Bertz CT molecular complexity index is 287. The van der Waals surface area contributed by atoms with Crippen molar-refractivity contribution in [1.82, 2.24) is 5.32 Å². The molecule has 0 unspecified atom stereocenters. The molecule has 0 aliphatic carbocycles. The molecule has 0 aliphatic rings. The number of hydrogen-bond donors (Lipinski definition) is 3. The molecule has 0 bridgehead atoms. The first-order valence-electron chi connectivity index (χ1n) is 4.95. The first-order chi connectivity index (χ1) is 6.74. The summed E-state index contributed by atoms with van der Waals surface area (Å²) < 4.78 is 0. The molecular formula is C11H17NO2. The van der Waals surface area contributed by atoms with Gasteiger partial charge in [0.2, 0.25) is 0 Å². The van der Waals surface area contributed by atoms with Gasteiger partial charge in [0.15, 0.2) is 0 Å². The van der Waals surface area contributed by atoms with E-state index in [0.29, 0.717) is 0 Å². The number of rotatable bonds is 5. The van der Waals surface area contributed by atoms with Gasteiger partial charge in [-0.15, -0.1) is 0 Å². The Balaban J connectivity index is 2.45. The third kappa shape index (κ3) is 3.26. The number of phenols is 2. The van der Waals surface area contributed by atoms with Gasteiger partial charge in [0.25, 0.3) is 0 Å². The number of aromatic hydroxyl groups is 2. The maximum absolute atomic E-state index is 9.46. The molecule has 0 spiro atoms. The number of hydrogen-bond acceptors (Lipinski definition) is 3. The summed E-state index contributed by atoms with van der Waals surface area (Å²) in [7, 11) is 0. The summed E-state index contributed by atoms with van der Waals surface area (Å²) in [5.74, 6) is 0.473. The molecule has 0 radical (unpaired) electrons. The molecule has 1 aromatic carbocycles. The van der Waals surface area contributed by atoms with Crippen molar-refractivity contribution >= 4 is 0 Å². The van der Waals surface area contributed by atoms with Crippen molar-refractivity contribution in [1.29, 1.82) is 0 Å². The van der Waals surface area contributed by atoms with Crippen molar-refractivity contribution in [3.8, 4) is 11.5 Å². The van der Waals surface area contributed by atoms with Gasteiger partial charge in [0.05, 0.1) is 0 Å². The van der Waals surface area contributed by atoms with Crippen LogP contribution in [0.25, 0.3) is 0 Å². The molecule has 0 aliphatic heterocycles. The van der Waals surface area contributed by atoms with Crippen molar-refractivity contribution in [2.45, 2.75) is 19.8 Å². The molecule has 0 amide bonds. The van der Waals surface area contributed by atoms with E-state index in [9.17, 15) is 10.2 Å². The summed E-state index contributed by atoms with van der Waals surface area (Å²) >= 11 is 0. The molecule has 3 N–H and O–H groups in total. The van der Waals surface area contributed by atoms with E-state index >= 15 is 0 Å². The third-order valence-electron chi connectivity index (χ3n) is 2.11. The Hall–Kier alpha value is -1.22. The van der Waals surface area contributed by atoms with Gasteiger partial charge in [-0.25, -0.2) is 0 Å². The summed E-state index contributed by atoms with van der Waals surface area (Å²) in [5, 5.41) is 21.9. The van der Waals surface area contributed by atoms with Crippen LogP contribution in [0.15, 0.2) is 18.2 Å². The lowest BCUT2D eigenvalue weighted by molar-refractivity contribution is 0.453. The summed E-state index contributed by atoms with van der Waals surface area (Å²) in [6.07, 6.45) is 1.75. The van der Waals surface area contributed by atoms with Crippen LogP contribution >= 0.6 is 0 Å². The van der Waals surface area contributed by atoms with Crippen molar-refractivity contribution in [3.63, 3.8) is 0 Å². The van der Waals surface area contributed by atoms with Gasteiger partial charge < -0.3 is 15.5 Å². The van der Waals surface area contributed by atoms with Crippen LogP contribution in [0.5, 0.6) is 11.5 Å². The smallest absolute Gasteiger partial charge is 0.119 e. The van der Waals surface area contributed by atoms with E-state index in [1.165, 1.54) is 12.1 Å². The minimum atomic E-state index is 0.209. The first kappa shape index (κ1) is 10.9. The van der Waals surface area contributed by atoms with E-state index in [1.54, 1.807) is 6.07 Å². The molecule has 0 fully saturated rings. The van der Waals surface area contributed by atoms with E-state index in [-0.39, 0.29) is 11.5 Å². The molecule has 1 aromatic rings. The molecular weight excluding hydrogens is 178 g/mol. The van der Waals surface area contributed by atoms with Crippen LogP contribution in [0.3, 0.4) is 0 Å². The Labute approximate surface area is 84.4 Å². The average molecular weight is 195 g/mol. The van der Waals surface area contributed by atoms with Crippen molar-refractivity contribution in [2.75, 3.05) is 13.1 Å². The maximum atomic E-state index is 9.46. The van der Waals surface area contributed by atoms with Gasteiger partial charge in [-0.3, -0.25) is 0 Å². The first-order valence-corrected chi connectivity index (χ1v) is 4.95. The monoisotopic (exact) mass is 195 g/mol. The van der Waals surface area contributed by atoms with Crippen LogP contribution in [0.2, 0.25) is 0 Å². The van der Waals surface area contributed by atoms with Gasteiger partial charge in [0.1, 0.15) is 11.5 Å². The summed E-state index contributed by atoms with van der Waals surface area (Å²) in [5.41, 5.74) is 0.808. The van der Waals surface area contributed by atoms with E-state index in [1.807, 2.05) is 0 Å². The fourth-order valence-electron chi connectivity index (χ4n) is 1.35. The van der Waals surface area contributed by atoms with Crippen molar-refractivity contribution in [3.05, 3.63) is 23.8 Å². The molecule has 0 aromatic heterocycles. The molecule has 14 heavy (non-hydrogen) atoms. The highest BCUT2D eigenvalue weighted by Crippen LogP contribution is 2.22. The highest BCUT2D eigenvalue weighted by molar-refractivity contribution is 5.38. The second-order valence-corrected chi connectivity index (χ2v) is 3.27. The molecule has 0 heterocycles. The van der Waals surface area contributed by atoms with Crippen molar-refractivity contribution in [2.24, 2.45) is 0 Å². The zero-order valence-electron chi connectivity index (χ0n) is 8.45. The Morgan fingerprint density at radius 2 is 2.07 bits per heavy atom. The standard InChI is InChI=1S/C11H17NO2/c1-2-12-7-3-4-9-8-10(13)5-6-11(9)14/h5-6,8,12-14H,2-4,7H2,1H3. The van der Waals surface area contributed by atoms with Crippen LogP contribution in [-0.4, -0.2) is 23.3 Å². The normalized spacial score (nSPS) is 10.4. The minimum absolute atomic E-state index is 0.209.